The summed E-state index contributed by atoms with van der Waals surface area (Å²) in [5.41, 5.74) is 6.45. The Kier molecular flexibility index (Phi) is 4.80. The fraction of sp³-hybridized carbons (Fsp3) is 0.278. The Labute approximate surface area is 151 Å². The second-order valence-electron chi connectivity index (χ2n) is 6.95. The van der Waals surface area contributed by atoms with Crippen LogP contribution in [-0.2, 0) is 9.31 Å². The number of hydrogen-bond acceptors (Lipinski definition) is 5. The van der Waals surface area contributed by atoms with Gasteiger partial charge in [0.1, 0.15) is 0 Å². The van der Waals surface area contributed by atoms with E-state index in [9.17, 15) is 14.9 Å². The lowest BCUT2D eigenvalue weighted by Gasteiger charge is -2.41. The van der Waals surface area contributed by atoms with Crippen molar-refractivity contribution in [3.8, 4) is 0 Å². The van der Waals surface area contributed by atoms with Crippen molar-refractivity contribution < 1.29 is 19.0 Å². The van der Waals surface area contributed by atoms with Gasteiger partial charge in [0.05, 0.1) is 16.6 Å². The fourth-order valence-corrected chi connectivity index (χ4v) is 3.06. The first-order valence-corrected chi connectivity index (χ1v) is 8.20. The molecule has 2 N–H and O–H groups in total. The highest BCUT2D eigenvalue weighted by atomic mass is 16.6. The van der Waals surface area contributed by atoms with E-state index in [0.29, 0.717) is 23.2 Å². The van der Waals surface area contributed by atoms with Crippen LogP contribution >= 0.6 is 0 Å². The third-order valence-corrected chi connectivity index (χ3v) is 4.46. The first kappa shape index (κ1) is 18.1. The zero-order valence-corrected chi connectivity index (χ0v) is 14.5. The van der Waals surface area contributed by atoms with E-state index < -0.39 is 29.5 Å². The summed E-state index contributed by atoms with van der Waals surface area (Å²) in [6.45, 7) is 4.26. The van der Waals surface area contributed by atoms with Gasteiger partial charge in [-0.3, -0.25) is 14.9 Å². The normalized spacial score (nSPS) is 19.2. The van der Waals surface area contributed by atoms with E-state index in [1.165, 1.54) is 6.07 Å². The number of nitro benzene ring substituents is 1. The maximum atomic E-state index is 11.4. The van der Waals surface area contributed by atoms with Gasteiger partial charge in [0, 0.05) is 23.7 Å². The number of para-hydroxylation sites is 1. The number of primary amides is 1. The molecule has 0 spiro atoms. The highest BCUT2D eigenvalue weighted by Gasteiger charge is 2.44. The van der Waals surface area contributed by atoms with Crippen molar-refractivity contribution in [2.45, 2.75) is 20.0 Å². The van der Waals surface area contributed by atoms with Crippen LogP contribution in [-0.4, -0.2) is 24.6 Å². The summed E-state index contributed by atoms with van der Waals surface area (Å²) in [6, 6.07) is 13.2. The quantitative estimate of drug-likeness (QED) is 0.515. The molecule has 2 aromatic carbocycles. The molecule has 1 atom stereocenters. The Morgan fingerprint density at radius 2 is 1.88 bits per heavy atom. The number of nitrogens with zero attached hydrogens (tertiary/aromatic N) is 1. The largest absolute Gasteiger partial charge is 0.494 e. The number of nitro groups is 1. The van der Waals surface area contributed by atoms with Crippen LogP contribution < -0.4 is 11.2 Å². The average Bonchev–Trinajstić information content (AvgIpc) is 2.61. The lowest BCUT2D eigenvalue weighted by molar-refractivity contribution is -0.386. The van der Waals surface area contributed by atoms with Crippen molar-refractivity contribution in [3.63, 3.8) is 0 Å². The standard InChI is InChI=1S/C18H19BN2O5/c1-18(2)11-25-19(13-9-7-12(8-10-13)17(20)22)26-16(18)14-5-3-4-6-15(14)21(23)24/h3-10,16H,11H2,1-2H3,(H2,20,22). The van der Waals surface area contributed by atoms with Crippen molar-refractivity contribution in [1.29, 1.82) is 0 Å². The molecular formula is C18H19BN2O5. The zero-order chi connectivity index (χ0) is 18.9. The Bertz CT molecular complexity index is 838. The summed E-state index contributed by atoms with van der Waals surface area (Å²) in [5, 5.41) is 11.4. The van der Waals surface area contributed by atoms with E-state index in [1.807, 2.05) is 13.8 Å². The highest BCUT2D eigenvalue weighted by molar-refractivity contribution is 6.61. The van der Waals surface area contributed by atoms with Crippen molar-refractivity contribution in [2.75, 3.05) is 6.61 Å². The van der Waals surface area contributed by atoms with Gasteiger partial charge in [-0.2, -0.15) is 0 Å². The summed E-state index contributed by atoms with van der Waals surface area (Å²) < 4.78 is 11.9. The molecule has 2 aromatic rings. The lowest BCUT2D eigenvalue weighted by Crippen LogP contribution is -2.49. The van der Waals surface area contributed by atoms with Crippen LogP contribution in [0.3, 0.4) is 0 Å². The molecule has 0 saturated carbocycles. The van der Waals surface area contributed by atoms with Gasteiger partial charge in [0.15, 0.2) is 0 Å². The van der Waals surface area contributed by atoms with Crippen LogP contribution in [0.4, 0.5) is 5.69 Å². The summed E-state index contributed by atoms with van der Waals surface area (Å²) in [5.74, 6) is -0.513. The van der Waals surface area contributed by atoms with Gasteiger partial charge in [-0.25, -0.2) is 0 Å². The van der Waals surface area contributed by atoms with E-state index in [4.69, 9.17) is 15.0 Å². The molecule has 1 fully saturated rings. The first-order chi connectivity index (χ1) is 12.3. The molecule has 1 heterocycles. The molecule has 0 aromatic heterocycles. The number of carbonyl (C=O) groups excluding carboxylic acids is 1. The highest BCUT2D eigenvalue weighted by Crippen LogP contribution is 2.43. The number of benzene rings is 2. The molecule has 1 aliphatic heterocycles. The topological polar surface area (TPSA) is 105 Å². The zero-order valence-electron chi connectivity index (χ0n) is 14.5. The van der Waals surface area contributed by atoms with Gasteiger partial charge < -0.3 is 15.0 Å². The minimum atomic E-state index is -0.685. The van der Waals surface area contributed by atoms with Crippen LogP contribution in [0.15, 0.2) is 48.5 Å². The number of hydrogen-bond donors (Lipinski definition) is 1. The predicted octanol–water partition coefficient (Wildman–Crippen LogP) is 2.20. The molecule has 1 amide bonds. The minimum Gasteiger partial charge on any atom is -0.407 e. The monoisotopic (exact) mass is 354 g/mol. The van der Waals surface area contributed by atoms with Gasteiger partial charge in [-0.1, -0.05) is 38.1 Å². The van der Waals surface area contributed by atoms with Crippen molar-refractivity contribution in [1.82, 2.24) is 0 Å². The number of amides is 1. The van der Waals surface area contributed by atoms with Crippen LogP contribution in [0.2, 0.25) is 0 Å². The summed E-state index contributed by atoms with van der Waals surface area (Å²) in [6.07, 6.45) is -0.515. The fourth-order valence-electron chi connectivity index (χ4n) is 3.06. The average molecular weight is 354 g/mol. The van der Waals surface area contributed by atoms with E-state index in [1.54, 1.807) is 42.5 Å². The Morgan fingerprint density at radius 1 is 1.23 bits per heavy atom. The maximum Gasteiger partial charge on any atom is 0.494 e. The van der Waals surface area contributed by atoms with Gasteiger partial charge in [0.25, 0.3) is 5.69 Å². The van der Waals surface area contributed by atoms with Gasteiger partial charge >= 0.3 is 7.12 Å². The molecule has 7 nitrogen and oxygen atoms in total. The van der Waals surface area contributed by atoms with Crippen molar-refractivity contribution >= 4 is 24.2 Å². The van der Waals surface area contributed by atoms with E-state index in [2.05, 4.69) is 0 Å². The third-order valence-electron chi connectivity index (χ3n) is 4.46. The van der Waals surface area contributed by atoms with Crippen LogP contribution in [0.1, 0.15) is 35.9 Å². The van der Waals surface area contributed by atoms with Crippen molar-refractivity contribution in [3.05, 3.63) is 69.8 Å². The summed E-state index contributed by atoms with van der Waals surface area (Å²) >= 11 is 0. The molecule has 3 rings (SSSR count). The number of rotatable bonds is 4. The molecule has 0 bridgehead atoms. The summed E-state index contributed by atoms with van der Waals surface area (Å²) in [4.78, 5) is 22.2. The lowest BCUT2D eigenvalue weighted by atomic mass is 9.72. The van der Waals surface area contributed by atoms with Gasteiger partial charge in [0.2, 0.25) is 5.91 Å². The van der Waals surface area contributed by atoms with Crippen LogP contribution in [0.5, 0.6) is 0 Å². The number of carbonyl (C=O) groups is 1. The molecule has 1 unspecified atom stereocenters. The van der Waals surface area contributed by atoms with E-state index in [0.717, 1.165) is 0 Å². The van der Waals surface area contributed by atoms with E-state index in [-0.39, 0.29) is 5.69 Å². The van der Waals surface area contributed by atoms with Gasteiger partial charge in [-0.15, -0.1) is 0 Å². The molecule has 8 heteroatoms. The minimum absolute atomic E-state index is 0.0234. The maximum absolute atomic E-state index is 11.4. The second kappa shape index (κ2) is 6.89. The molecule has 1 saturated heterocycles. The second-order valence-corrected chi connectivity index (χ2v) is 6.95. The van der Waals surface area contributed by atoms with Crippen molar-refractivity contribution in [2.24, 2.45) is 11.1 Å². The smallest absolute Gasteiger partial charge is 0.407 e. The SMILES string of the molecule is CC1(C)COB(c2ccc(C(N)=O)cc2)OC1c1ccccc1[N+](=O)[O-]. The molecule has 26 heavy (non-hydrogen) atoms. The first-order valence-electron chi connectivity index (χ1n) is 8.20. The number of nitrogens with two attached hydrogens (primary N) is 1. The summed E-state index contributed by atoms with van der Waals surface area (Å²) in [7, 11) is -0.685. The third kappa shape index (κ3) is 3.47. The van der Waals surface area contributed by atoms with Crippen LogP contribution in [0, 0.1) is 15.5 Å². The molecule has 0 radical (unpaired) electrons. The van der Waals surface area contributed by atoms with Gasteiger partial charge in [-0.05, 0) is 23.7 Å². The van der Waals surface area contributed by atoms with E-state index >= 15 is 0 Å². The Balaban J connectivity index is 1.93. The Hall–Kier alpha value is -2.71. The molecule has 134 valence electrons. The molecular weight excluding hydrogens is 335 g/mol. The molecule has 0 aliphatic carbocycles. The van der Waals surface area contributed by atoms with Crippen LogP contribution in [0.25, 0.3) is 0 Å². The predicted molar refractivity (Wildman–Crippen MR) is 97.0 cm³/mol. The molecule has 1 aliphatic rings. The Morgan fingerprint density at radius 3 is 2.50 bits per heavy atom.